The monoisotopic (exact) mass is 331 g/mol. The average Bonchev–Trinajstić information content (AvgIpc) is 3.00. The topological polar surface area (TPSA) is 57.0 Å². The standard InChI is InChI=1S/C13H12F3N3O2S/c1-19-5-8(4-18-19)11(13(14,15)16)21-12(20)10-9(7-2-3-7)17-6-22-10/h4-7,11H,2-3H2,1H3/t11-/m1/s1. The highest BCUT2D eigenvalue weighted by Gasteiger charge is 2.45. The number of ether oxygens (including phenoxy) is 1. The van der Waals surface area contributed by atoms with Crippen molar-refractivity contribution in [2.75, 3.05) is 0 Å². The first-order valence-electron chi connectivity index (χ1n) is 6.56. The number of aromatic nitrogens is 3. The number of hydrogen-bond donors (Lipinski definition) is 0. The number of esters is 1. The number of nitrogens with zero attached hydrogens (tertiary/aromatic N) is 3. The number of carbonyl (C=O) groups is 1. The summed E-state index contributed by atoms with van der Waals surface area (Å²) in [5, 5.41) is 3.69. The number of carbonyl (C=O) groups excluding carboxylic acids is 1. The molecule has 0 saturated heterocycles. The molecule has 5 nitrogen and oxygen atoms in total. The predicted octanol–water partition coefficient (Wildman–Crippen LogP) is 3.21. The van der Waals surface area contributed by atoms with Gasteiger partial charge in [0, 0.05) is 24.7 Å². The van der Waals surface area contributed by atoms with Gasteiger partial charge in [-0.15, -0.1) is 11.3 Å². The van der Waals surface area contributed by atoms with E-state index in [1.807, 2.05) is 0 Å². The van der Waals surface area contributed by atoms with Crippen molar-refractivity contribution < 1.29 is 22.7 Å². The lowest BCUT2D eigenvalue weighted by atomic mass is 10.2. The van der Waals surface area contributed by atoms with Crippen LogP contribution in [-0.2, 0) is 11.8 Å². The van der Waals surface area contributed by atoms with E-state index in [-0.39, 0.29) is 16.4 Å². The van der Waals surface area contributed by atoms with Crippen molar-refractivity contribution >= 4 is 17.3 Å². The van der Waals surface area contributed by atoms with Gasteiger partial charge in [-0.3, -0.25) is 4.68 Å². The number of aryl methyl sites for hydroxylation is 1. The van der Waals surface area contributed by atoms with E-state index < -0.39 is 18.2 Å². The lowest BCUT2D eigenvalue weighted by Gasteiger charge is -2.19. The molecule has 2 aromatic heterocycles. The van der Waals surface area contributed by atoms with Crippen LogP contribution in [0.25, 0.3) is 0 Å². The van der Waals surface area contributed by atoms with Gasteiger partial charge in [0.25, 0.3) is 0 Å². The first-order chi connectivity index (χ1) is 10.4. The Morgan fingerprint density at radius 2 is 2.23 bits per heavy atom. The van der Waals surface area contributed by atoms with Crippen LogP contribution >= 0.6 is 11.3 Å². The van der Waals surface area contributed by atoms with Crippen molar-refractivity contribution in [1.82, 2.24) is 14.8 Å². The van der Waals surface area contributed by atoms with Crippen LogP contribution in [0.2, 0.25) is 0 Å². The first kappa shape index (κ1) is 15.0. The van der Waals surface area contributed by atoms with Crippen LogP contribution in [-0.4, -0.2) is 26.9 Å². The lowest BCUT2D eigenvalue weighted by molar-refractivity contribution is -0.207. The zero-order valence-electron chi connectivity index (χ0n) is 11.5. The summed E-state index contributed by atoms with van der Waals surface area (Å²) in [5.74, 6) is -0.827. The third-order valence-electron chi connectivity index (χ3n) is 3.29. The van der Waals surface area contributed by atoms with Crippen LogP contribution in [0, 0.1) is 0 Å². The summed E-state index contributed by atoms with van der Waals surface area (Å²) in [6.07, 6.45) is -3.02. The Balaban J connectivity index is 1.84. The van der Waals surface area contributed by atoms with E-state index in [9.17, 15) is 18.0 Å². The maximum Gasteiger partial charge on any atom is 0.429 e. The highest BCUT2D eigenvalue weighted by atomic mass is 32.1. The van der Waals surface area contributed by atoms with E-state index in [0.29, 0.717) is 5.69 Å². The molecule has 1 aliphatic rings. The fourth-order valence-corrected chi connectivity index (χ4v) is 2.87. The number of thiazole rings is 1. The maximum atomic E-state index is 13.2. The van der Waals surface area contributed by atoms with E-state index >= 15 is 0 Å². The first-order valence-corrected chi connectivity index (χ1v) is 7.44. The molecular formula is C13H12F3N3O2S. The van der Waals surface area contributed by atoms with Gasteiger partial charge in [0.05, 0.1) is 17.4 Å². The molecule has 0 unspecified atom stereocenters. The fraction of sp³-hybridized carbons (Fsp3) is 0.462. The molecule has 0 radical (unpaired) electrons. The van der Waals surface area contributed by atoms with Gasteiger partial charge >= 0.3 is 12.1 Å². The van der Waals surface area contributed by atoms with Gasteiger partial charge in [-0.1, -0.05) is 0 Å². The molecule has 2 heterocycles. The van der Waals surface area contributed by atoms with Gasteiger partial charge < -0.3 is 4.74 Å². The second-order valence-electron chi connectivity index (χ2n) is 5.12. The van der Waals surface area contributed by atoms with Crippen molar-refractivity contribution in [2.45, 2.75) is 31.0 Å². The minimum Gasteiger partial charge on any atom is -0.443 e. The van der Waals surface area contributed by atoms with Crippen LogP contribution in [0.5, 0.6) is 0 Å². The molecule has 0 amide bonds. The van der Waals surface area contributed by atoms with Gasteiger partial charge in [-0.2, -0.15) is 18.3 Å². The van der Waals surface area contributed by atoms with Gasteiger partial charge in [0.15, 0.2) is 0 Å². The SMILES string of the molecule is Cn1cc([C@@H](OC(=O)c2scnc2C2CC2)C(F)(F)F)cn1. The molecule has 0 aliphatic heterocycles. The highest BCUT2D eigenvalue weighted by molar-refractivity contribution is 7.11. The Kier molecular flexibility index (Phi) is 3.67. The van der Waals surface area contributed by atoms with E-state index in [1.165, 1.54) is 23.4 Å². The van der Waals surface area contributed by atoms with Crippen molar-refractivity contribution in [1.29, 1.82) is 0 Å². The van der Waals surface area contributed by atoms with Crippen LogP contribution in [0.1, 0.15) is 45.8 Å². The van der Waals surface area contributed by atoms with Gasteiger partial charge in [-0.25, -0.2) is 9.78 Å². The quantitative estimate of drug-likeness (QED) is 0.807. The summed E-state index contributed by atoms with van der Waals surface area (Å²) in [6, 6.07) is 0. The molecule has 0 N–H and O–H groups in total. The minimum absolute atomic E-state index is 0.153. The molecule has 0 aromatic carbocycles. The second kappa shape index (κ2) is 5.38. The summed E-state index contributed by atoms with van der Waals surface area (Å²) < 4.78 is 45.4. The third-order valence-corrected chi connectivity index (χ3v) is 4.12. The normalized spacial score (nSPS) is 16.5. The molecule has 0 spiro atoms. The molecule has 0 bridgehead atoms. The molecule has 9 heteroatoms. The fourth-order valence-electron chi connectivity index (χ4n) is 2.12. The smallest absolute Gasteiger partial charge is 0.429 e. The average molecular weight is 331 g/mol. The number of halogens is 3. The summed E-state index contributed by atoms with van der Waals surface area (Å²) in [7, 11) is 1.49. The van der Waals surface area contributed by atoms with Crippen LogP contribution in [0.15, 0.2) is 17.9 Å². The van der Waals surface area contributed by atoms with Crippen molar-refractivity contribution in [3.05, 3.63) is 34.0 Å². The number of hydrogen-bond acceptors (Lipinski definition) is 5. The zero-order valence-corrected chi connectivity index (χ0v) is 12.3. The van der Waals surface area contributed by atoms with Gasteiger partial charge in [0.2, 0.25) is 6.10 Å². The molecule has 118 valence electrons. The zero-order chi connectivity index (χ0) is 15.9. The number of rotatable bonds is 4. The Labute approximate surface area is 127 Å². The molecule has 22 heavy (non-hydrogen) atoms. The highest BCUT2D eigenvalue weighted by Crippen LogP contribution is 2.43. The summed E-state index contributed by atoms with van der Waals surface area (Å²) in [5.41, 5.74) is 1.79. The molecule has 2 aromatic rings. The van der Waals surface area contributed by atoms with Crippen LogP contribution in [0.4, 0.5) is 13.2 Å². The summed E-state index contributed by atoms with van der Waals surface area (Å²) in [4.78, 5) is 16.3. The van der Waals surface area contributed by atoms with E-state index in [0.717, 1.165) is 30.4 Å². The van der Waals surface area contributed by atoms with Gasteiger partial charge in [0.1, 0.15) is 4.88 Å². The van der Waals surface area contributed by atoms with E-state index in [1.54, 1.807) is 0 Å². The Morgan fingerprint density at radius 3 is 2.77 bits per heavy atom. The van der Waals surface area contributed by atoms with Crippen molar-refractivity contribution in [3.63, 3.8) is 0 Å². The molecule has 1 saturated carbocycles. The molecule has 1 fully saturated rings. The predicted molar refractivity (Wildman–Crippen MR) is 71.5 cm³/mol. The van der Waals surface area contributed by atoms with Crippen LogP contribution < -0.4 is 0 Å². The number of alkyl halides is 3. The van der Waals surface area contributed by atoms with Crippen molar-refractivity contribution in [2.24, 2.45) is 7.05 Å². The Bertz CT molecular complexity index is 691. The molecular weight excluding hydrogens is 319 g/mol. The summed E-state index contributed by atoms with van der Waals surface area (Å²) in [6.45, 7) is 0. The van der Waals surface area contributed by atoms with Gasteiger partial charge in [-0.05, 0) is 12.8 Å². The van der Waals surface area contributed by atoms with Crippen LogP contribution in [0.3, 0.4) is 0 Å². The summed E-state index contributed by atoms with van der Waals surface area (Å²) >= 11 is 1.01. The third kappa shape index (κ3) is 2.99. The largest absolute Gasteiger partial charge is 0.443 e. The van der Waals surface area contributed by atoms with E-state index in [4.69, 9.17) is 4.74 Å². The molecule has 1 aliphatic carbocycles. The second-order valence-corrected chi connectivity index (χ2v) is 5.97. The molecule has 1 atom stereocenters. The lowest BCUT2D eigenvalue weighted by Crippen LogP contribution is -2.26. The minimum atomic E-state index is -4.71. The van der Waals surface area contributed by atoms with Crippen molar-refractivity contribution in [3.8, 4) is 0 Å². The Hall–Kier alpha value is -1.90. The Morgan fingerprint density at radius 1 is 1.50 bits per heavy atom. The molecule has 3 rings (SSSR count). The van der Waals surface area contributed by atoms with E-state index in [2.05, 4.69) is 10.1 Å². The maximum absolute atomic E-state index is 13.2.